The van der Waals surface area contributed by atoms with Crippen LogP contribution in [0, 0.1) is 17.8 Å². The quantitative estimate of drug-likeness (QED) is 0.799. The molecule has 6 nitrogen and oxygen atoms in total. The summed E-state index contributed by atoms with van der Waals surface area (Å²) in [5.74, 6) is 0.672. The molecule has 2 aliphatic heterocycles. The second-order valence-corrected chi connectivity index (χ2v) is 11.3. The van der Waals surface area contributed by atoms with Crippen molar-refractivity contribution in [3.8, 4) is 0 Å². The molecule has 7 heteroatoms. The van der Waals surface area contributed by atoms with Crippen LogP contribution in [0.25, 0.3) is 0 Å². The normalized spacial score (nSPS) is 31.8. The summed E-state index contributed by atoms with van der Waals surface area (Å²) >= 11 is 0. The first-order chi connectivity index (χ1) is 14.9. The Morgan fingerprint density at radius 2 is 1.87 bits per heavy atom. The lowest BCUT2D eigenvalue weighted by Gasteiger charge is -2.30. The largest absolute Gasteiger partial charge is 0.391 e. The highest BCUT2D eigenvalue weighted by Gasteiger charge is 2.61. The van der Waals surface area contributed by atoms with Crippen molar-refractivity contribution in [3.63, 3.8) is 0 Å². The summed E-state index contributed by atoms with van der Waals surface area (Å²) in [5.41, 5.74) is 2.43. The van der Waals surface area contributed by atoms with Gasteiger partial charge in [-0.2, -0.15) is 4.31 Å². The van der Waals surface area contributed by atoms with E-state index >= 15 is 0 Å². The third kappa shape index (κ3) is 2.83. The first kappa shape index (κ1) is 19.5. The van der Waals surface area contributed by atoms with Gasteiger partial charge in [-0.15, -0.1) is 0 Å². The number of carbonyl (C=O) groups is 1. The van der Waals surface area contributed by atoms with Gasteiger partial charge in [0.05, 0.1) is 17.0 Å². The average Bonchev–Trinajstić information content (AvgIpc) is 3.42. The number of nitrogens with zero attached hydrogens (tertiary/aromatic N) is 2. The molecule has 5 atom stereocenters. The highest BCUT2D eigenvalue weighted by atomic mass is 32.2. The fourth-order valence-electron chi connectivity index (χ4n) is 6.46. The summed E-state index contributed by atoms with van der Waals surface area (Å²) in [7, 11) is -3.78. The van der Waals surface area contributed by atoms with Gasteiger partial charge in [-0.05, 0) is 73.3 Å². The highest BCUT2D eigenvalue weighted by Crippen LogP contribution is 2.56. The van der Waals surface area contributed by atoms with Gasteiger partial charge in [-0.3, -0.25) is 4.79 Å². The minimum atomic E-state index is -3.78. The van der Waals surface area contributed by atoms with E-state index in [-0.39, 0.29) is 28.7 Å². The van der Waals surface area contributed by atoms with Crippen LogP contribution in [0.3, 0.4) is 0 Å². The van der Waals surface area contributed by atoms with E-state index in [1.165, 1.54) is 10.4 Å². The minimum absolute atomic E-state index is 0.139. The Kier molecular flexibility index (Phi) is 4.32. The van der Waals surface area contributed by atoms with Crippen LogP contribution in [0.4, 0.5) is 5.69 Å². The van der Waals surface area contributed by atoms with Gasteiger partial charge in [-0.1, -0.05) is 24.3 Å². The summed E-state index contributed by atoms with van der Waals surface area (Å²) in [4.78, 5) is 15.2. The molecular formula is C24H26N2O4S. The number of anilines is 1. The van der Waals surface area contributed by atoms with Crippen LogP contribution in [0.5, 0.6) is 0 Å². The molecule has 2 aromatic rings. The Bertz CT molecular complexity index is 1160. The molecule has 162 valence electrons. The zero-order valence-electron chi connectivity index (χ0n) is 17.2. The number of fused-ring (bicyclic) bond motifs is 2. The van der Waals surface area contributed by atoms with Gasteiger partial charge in [0.15, 0.2) is 0 Å². The topological polar surface area (TPSA) is 77.9 Å². The molecule has 0 radical (unpaired) electrons. The van der Waals surface area contributed by atoms with E-state index in [4.69, 9.17) is 0 Å². The van der Waals surface area contributed by atoms with E-state index in [0.29, 0.717) is 24.6 Å². The lowest BCUT2D eigenvalue weighted by molar-refractivity contribution is 0.0731. The summed E-state index contributed by atoms with van der Waals surface area (Å²) in [5, 5.41) is 10.6. The third-order valence-electron chi connectivity index (χ3n) is 7.85. The summed E-state index contributed by atoms with van der Waals surface area (Å²) in [6.07, 6.45) is 3.10. The molecule has 0 aromatic heterocycles. The fourth-order valence-corrected chi connectivity index (χ4v) is 8.25. The van der Waals surface area contributed by atoms with Gasteiger partial charge in [0.25, 0.3) is 5.91 Å². The van der Waals surface area contributed by atoms with Crippen LogP contribution in [0.1, 0.15) is 35.2 Å². The maximum absolute atomic E-state index is 13.5. The number of carbonyl (C=O) groups excluding carboxylic acids is 1. The van der Waals surface area contributed by atoms with Crippen LogP contribution in [-0.2, 0) is 16.4 Å². The molecular weight excluding hydrogens is 412 g/mol. The minimum Gasteiger partial charge on any atom is -0.391 e. The Hall–Kier alpha value is -2.22. The molecule has 1 saturated heterocycles. The third-order valence-corrected chi connectivity index (χ3v) is 9.71. The maximum atomic E-state index is 13.5. The van der Waals surface area contributed by atoms with Gasteiger partial charge < -0.3 is 10.0 Å². The number of rotatable bonds is 3. The number of amides is 1. The van der Waals surface area contributed by atoms with Crippen LogP contribution in [0.15, 0.2) is 53.4 Å². The molecule has 2 bridgehead atoms. The van der Waals surface area contributed by atoms with Crippen LogP contribution in [-0.4, -0.2) is 49.0 Å². The lowest BCUT2D eigenvalue weighted by Crippen LogP contribution is -2.43. The fraction of sp³-hybridized carbons (Fsp3) is 0.458. The molecule has 4 aliphatic rings. The van der Waals surface area contributed by atoms with E-state index in [9.17, 15) is 18.3 Å². The monoisotopic (exact) mass is 438 g/mol. The van der Waals surface area contributed by atoms with Gasteiger partial charge >= 0.3 is 0 Å². The van der Waals surface area contributed by atoms with Crippen molar-refractivity contribution in [1.29, 1.82) is 0 Å². The Morgan fingerprint density at radius 3 is 2.71 bits per heavy atom. The first-order valence-corrected chi connectivity index (χ1v) is 12.6. The molecule has 1 N–H and O–H groups in total. The Balaban J connectivity index is 1.32. The Labute approximate surface area is 182 Å². The van der Waals surface area contributed by atoms with Crippen LogP contribution >= 0.6 is 0 Å². The number of hydrogen-bond acceptors (Lipinski definition) is 4. The van der Waals surface area contributed by atoms with Crippen molar-refractivity contribution in [1.82, 2.24) is 4.31 Å². The molecule has 2 saturated carbocycles. The molecule has 2 aliphatic carbocycles. The van der Waals surface area contributed by atoms with E-state index in [2.05, 4.69) is 0 Å². The number of sulfonamides is 1. The van der Waals surface area contributed by atoms with Gasteiger partial charge in [-0.25, -0.2) is 8.42 Å². The van der Waals surface area contributed by atoms with E-state index in [1.54, 1.807) is 23.1 Å². The molecule has 2 aromatic carbocycles. The average molecular weight is 439 g/mol. The second kappa shape index (κ2) is 6.89. The number of benzene rings is 2. The molecule has 2 heterocycles. The second-order valence-electron chi connectivity index (χ2n) is 9.43. The molecule has 6 rings (SSSR count). The first-order valence-electron chi connectivity index (χ1n) is 11.1. The van der Waals surface area contributed by atoms with E-state index in [1.807, 2.05) is 24.3 Å². The molecule has 1 amide bonds. The highest BCUT2D eigenvalue weighted by molar-refractivity contribution is 7.89. The van der Waals surface area contributed by atoms with Crippen molar-refractivity contribution < 1.29 is 18.3 Å². The lowest BCUT2D eigenvalue weighted by atomic mass is 9.88. The molecule has 0 spiro atoms. The number of aliphatic hydroxyl groups is 1. The standard InChI is InChI=1S/C24H26N2O4S/c27-23-17-11-18-14-26(22(23)20(18)13-17)31(29,30)19-8-3-6-16(12-19)24(28)25-10-4-7-15-5-1-2-9-21(15)25/h1-3,5-6,8-9,12,17-18,20,22-23,27H,4,7,10-11,13-14H2/t17-,18-,20+,22-,23-/m0/s1. The molecule has 3 fully saturated rings. The number of aliphatic hydroxyl groups excluding tert-OH is 1. The zero-order chi connectivity index (χ0) is 21.3. The van der Waals surface area contributed by atoms with Crippen molar-refractivity contribution in [3.05, 3.63) is 59.7 Å². The van der Waals surface area contributed by atoms with Crippen molar-refractivity contribution in [2.24, 2.45) is 17.8 Å². The van der Waals surface area contributed by atoms with Crippen molar-refractivity contribution in [2.45, 2.75) is 42.7 Å². The van der Waals surface area contributed by atoms with Crippen LogP contribution < -0.4 is 4.90 Å². The predicted octanol–water partition coefficient (Wildman–Crippen LogP) is 2.67. The Morgan fingerprint density at radius 1 is 1.03 bits per heavy atom. The summed E-state index contributed by atoms with van der Waals surface area (Å²) in [6, 6.07) is 14.0. The van der Waals surface area contributed by atoms with E-state index < -0.39 is 16.1 Å². The maximum Gasteiger partial charge on any atom is 0.258 e. The van der Waals surface area contributed by atoms with Gasteiger partial charge in [0, 0.05) is 24.3 Å². The number of aryl methyl sites for hydroxylation is 1. The van der Waals surface area contributed by atoms with Crippen molar-refractivity contribution in [2.75, 3.05) is 18.0 Å². The smallest absolute Gasteiger partial charge is 0.258 e. The summed E-state index contributed by atoms with van der Waals surface area (Å²) < 4.78 is 28.6. The SMILES string of the molecule is O=C(c1cccc(S(=O)(=O)N2C[C@@H]3C[C@H]4C[C@H]3[C@H]2[C@H]4O)c1)N1CCCc2ccccc21. The summed E-state index contributed by atoms with van der Waals surface area (Å²) in [6.45, 7) is 1.10. The van der Waals surface area contributed by atoms with Gasteiger partial charge in [0.2, 0.25) is 10.0 Å². The van der Waals surface area contributed by atoms with Crippen molar-refractivity contribution >= 4 is 21.6 Å². The molecule has 31 heavy (non-hydrogen) atoms. The molecule has 0 unspecified atom stereocenters. The zero-order valence-corrected chi connectivity index (χ0v) is 18.0. The number of hydrogen-bond donors (Lipinski definition) is 1. The van der Waals surface area contributed by atoms with E-state index in [0.717, 1.165) is 36.9 Å². The predicted molar refractivity (Wildman–Crippen MR) is 116 cm³/mol. The van der Waals surface area contributed by atoms with Gasteiger partial charge in [0.1, 0.15) is 0 Å². The van der Waals surface area contributed by atoms with Crippen LogP contribution in [0.2, 0.25) is 0 Å². The number of para-hydroxylation sites is 1.